The van der Waals surface area contributed by atoms with E-state index in [9.17, 15) is 19.8 Å². The highest BCUT2D eigenvalue weighted by atomic mass is 16.4. The summed E-state index contributed by atoms with van der Waals surface area (Å²) < 4.78 is 4.25. The van der Waals surface area contributed by atoms with E-state index in [-0.39, 0.29) is 40.4 Å². The van der Waals surface area contributed by atoms with E-state index in [0.29, 0.717) is 5.56 Å². The van der Waals surface area contributed by atoms with Gasteiger partial charge >= 0.3 is 0 Å². The summed E-state index contributed by atoms with van der Waals surface area (Å²) in [5, 5.41) is 28.8. The molecule has 1 aliphatic carbocycles. The zero-order valence-electron chi connectivity index (χ0n) is 12.7. The normalized spacial score (nSPS) is 12.1. The molecule has 0 saturated heterocycles. The van der Waals surface area contributed by atoms with Crippen molar-refractivity contribution < 1.29 is 29.6 Å². The van der Waals surface area contributed by atoms with Crippen molar-refractivity contribution >= 4 is 11.6 Å². The lowest BCUT2D eigenvalue weighted by atomic mass is 9.82. The van der Waals surface area contributed by atoms with Crippen molar-refractivity contribution in [1.29, 1.82) is 0 Å². The van der Waals surface area contributed by atoms with Gasteiger partial charge in [-0.15, -0.1) is 0 Å². The van der Waals surface area contributed by atoms with Gasteiger partial charge in [-0.3, -0.25) is 9.59 Å². The summed E-state index contributed by atoms with van der Waals surface area (Å²) >= 11 is 0. The first-order valence-corrected chi connectivity index (χ1v) is 6.74. The second kappa shape index (κ2) is 6.60. The Bertz CT molecular complexity index is 779. The molecule has 0 saturated carbocycles. The van der Waals surface area contributed by atoms with Crippen LogP contribution in [0.5, 0.6) is 11.5 Å². The van der Waals surface area contributed by atoms with Crippen molar-refractivity contribution in [3.63, 3.8) is 0 Å². The maximum Gasteiger partial charge on any atom is 0.201 e. The number of hydrogen-bond donors (Lipinski definition) is 3. The Labute approximate surface area is 132 Å². The van der Waals surface area contributed by atoms with Gasteiger partial charge in [0.2, 0.25) is 5.78 Å². The topological polar surface area (TPSA) is 104 Å². The fourth-order valence-electron chi connectivity index (χ4n) is 2.43. The van der Waals surface area contributed by atoms with Gasteiger partial charge < -0.3 is 20.1 Å². The first kappa shape index (κ1) is 16.7. The molecule has 3 N–H and O–H groups in total. The number of ether oxygens (including phenoxy) is 1. The molecule has 0 spiro atoms. The maximum absolute atomic E-state index is 12.4. The molecule has 0 aliphatic heterocycles. The highest BCUT2D eigenvalue weighted by Crippen LogP contribution is 2.37. The lowest BCUT2D eigenvalue weighted by Gasteiger charge is -2.19. The molecule has 6 nitrogen and oxygen atoms in total. The fraction of sp³-hybridized carbons (Fsp3) is 0.176. The van der Waals surface area contributed by atoms with E-state index in [1.807, 2.05) is 0 Å². The molecule has 0 bridgehead atoms. The van der Waals surface area contributed by atoms with E-state index >= 15 is 0 Å². The van der Waals surface area contributed by atoms with Crippen molar-refractivity contribution in [3.05, 3.63) is 58.1 Å². The number of aliphatic hydroxyl groups excluding tert-OH is 1. The Balaban J connectivity index is 0.000000595. The largest absolute Gasteiger partial charge is 0.507 e. The van der Waals surface area contributed by atoms with Gasteiger partial charge in [-0.05, 0) is 23.8 Å². The molecule has 23 heavy (non-hydrogen) atoms. The second-order valence-electron chi connectivity index (χ2n) is 4.96. The number of carbonyl (C=O) groups is 2. The predicted molar refractivity (Wildman–Crippen MR) is 81.9 cm³/mol. The van der Waals surface area contributed by atoms with Crippen LogP contribution in [0, 0.1) is 0 Å². The molecule has 2 aromatic carbocycles. The van der Waals surface area contributed by atoms with Crippen LogP contribution in [-0.2, 0) is 11.3 Å². The quantitative estimate of drug-likeness (QED) is 0.630. The molecule has 1 aliphatic rings. The van der Waals surface area contributed by atoms with E-state index in [4.69, 9.17) is 5.11 Å². The van der Waals surface area contributed by atoms with Gasteiger partial charge in [0.05, 0.1) is 17.7 Å². The van der Waals surface area contributed by atoms with Crippen LogP contribution in [0.25, 0.3) is 0 Å². The van der Waals surface area contributed by atoms with E-state index in [2.05, 4.69) is 4.74 Å². The highest BCUT2D eigenvalue weighted by molar-refractivity contribution is 6.30. The molecule has 2 aromatic rings. The van der Waals surface area contributed by atoms with Crippen LogP contribution in [-0.4, -0.2) is 41.1 Å². The Morgan fingerprint density at radius 1 is 0.913 bits per heavy atom. The molecule has 3 rings (SSSR count). The Morgan fingerprint density at radius 2 is 1.52 bits per heavy atom. The summed E-state index contributed by atoms with van der Waals surface area (Å²) in [6.07, 6.45) is 0. The number of phenolic OH excluding ortho intramolecular Hbond substituents is 2. The number of ketones is 2. The number of hydrogen-bond acceptors (Lipinski definition) is 6. The number of fused-ring (bicyclic) bond motifs is 2. The van der Waals surface area contributed by atoms with Crippen molar-refractivity contribution in [1.82, 2.24) is 0 Å². The Morgan fingerprint density at radius 3 is 2.13 bits per heavy atom. The lowest BCUT2D eigenvalue weighted by molar-refractivity contribution is 0.0974. The first-order valence-electron chi connectivity index (χ1n) is 6.74. The molecule has 120 valence electrons. The summed E-state index contributed by atoms with van der Waals surface area (Å²) in [6.45, 7) is -0.352. The molecule has 0 amide bonds. The average molecular weight is 316 g/mol. The number of benzene rings is 2. The predicted octanol–water partition coefficient (Wildman–Crippen LogP) is 1.63. The zero-order valence-corrected chi connectivity index (χ0v) is 12.7. The lowest BCUT2D eigenvalue weighted by Crippen LogP contribution is -2.21. The summed E-state index contributed by atoms with van der Waals surface area (Å²) in [6, 6.07) is 6.84. The van der Waals surface area contributed by atoms with Gasteiger partial charge in [0, 0.05) is 25.3 Å². The van der Waals surface area contributed by atoms with Crippen LogP contribution in [0.4, 0.5) is 0 Å². The van der Waals surface area contributed by atoms with Gasteiger partial charge in [0.15, 0.2) is 5.78 Å². The third-order valence-electron chi connectivity index (χ3n) is 3.35. The van der Waals surface area contributed by atoms with Crippen LogP contribution in [0.15, 0.2) is 30.3 Å². The van der Waals surface area contributed by atoms with Gasteiger partial charge in [0.1, 0.15) is 11.5 Å². The number of aromatic hydroxyl groups is 2. The van der Waals surface area contributed by atoms with E-state index < -0.39 is 11.6 Å². The fourth-order valence-corrected chi connectivity index (χ4v) is 2.43. The highest BCUT2D eigenvalue weighted by Gasteiger charge is 2.34. The average Bonchev–Trinajstić information content (AvgIpc) is 2.52. The molecule has 6 heteroatoms. The summed E-state index contributed by atoms with van der Waals surface area (Å²) in [4.78, 5) is 24.7. The Hall–Kier alpha value is -2.70. The van der Waals surface area contributed by atoms with Gasteiger partial charge in [-0.1, -0.05) is 12.1 Å². The van der Waals surface area contributed by atoms with E-state index in [0.717, 1.165) is 0 Å². The van der Waals surface area contributed by atoms with Crippen LogP contribution < -0.4 is 0 Å². The summed E-state index contributed by atoms with van der Waals surface area (Å²) in [5.74, 6) is -1.73. The zero-order chi connectivity index (χ0) is 17.1. The maximum atomic E-state index is 12.4. The molecule has 0 aromatic heterocycles. The van der Waals surface area contributed by atoms with Gasteiger partial charge in [-0.2, -0.15) is 0 Å². The molecular weight excluding hydrogens is 300 g/mol. The second-order valence-corrected chi connectivity index (χ2v) is 4.96. The molecule has 0 atom stereocenters. The van der Waals surface area contributed by atoms with Crippen LogP contribution in [0.3, 0.4) is 0 Å². The standard InChI is InChI=1S/C15H10O5.C2H6O/c16-6-7-4-9-13(11(18)5-7)15(20)12-8(14(9)19)2-1-3-10(12)17;1-3-2/h1-5,16-18H,6H2;1-2H3. The number of aliphatic hydroxyl groups is 1. The van der Waals surface area contributed by atoms with Crippen molar-refractivity contribution in [2.75, 3.05) is 14.2 Å². The smallest absolute Gasteiger partial charge is 0.201 e. The van der Waals surface area contributed by atoms with E-state index in [1.54, 1.807) is 14.2 Å². The minimum atomic E-state index is -0.602. The summed E-state index contributed by atoms with van der Waals surface area (Å²) in [5.41, 5.74) is 0.235. The number of methoxy groups -OCH3 is 1. The van der Waals surface area contributed by atoms with Gasteiger partial charge in [0.25, 0.3) is 0 Å². The van der Waals surface area contributed by atoms with Crippen molar-refractivity contribution in [2.24, 2.45) is 0 Å². The minimum absolute atomic E-state index is 0.0390. The monoisotopic (exact) mass is 316 g/mol. The third kappa shape index (κ3) is 2.81. The number of carbonyl (C=O) groups excluding carboxylic acids is 2. The molecular formula is C17H16O6. The molecule has 0 unspecified atom stereocenters. The van der Waals surface area contributed by atoms with Crippen LogP contribution in [0.1, 0.15) is 37.4 Å². The van der Waals surface area contributed by atoms with Crippen molar-refractivity contribution in [3.8, 4) is 11.5 Å². The number of phenols is 2. The van der Waals surface area contributed by atoms with Crippen molar-refractivity contribution in [2.45, 2.75) is 6.61 Å². The Kier molecular flexibility index (Phi) is 4.78. The molecule has 0 fully saturated rings. The molecule has 0 radical (unpaired) electrons. The minimum Gasteiger partial charge on any atom is -0.507 e. The summed E-state index contributed by atoms with van der Waals surface area (Å²) in [7, 11) is 3.25. The number of rotatable bonds is 1. The van der Waals surface area contributed by atoms with Gasteiger partial charge in [-0.25, -0.2) is 0 Å². The van der Waals surface area contributed by atoms with E-state index in [1.165, 1.54) is 30.3 Å². The van der Waals surface area contributed by atoms with Crippen LogP contribution in [0.2, 0.25) is 0 Å². The SMILES string of the molecule is COC.O=C1c2cccc(O)c2C(=O)c2c(O)cc(CO)cc21. The third-order valence-corrected chi connectivity index (χ3v) is 3.35. The molecule has 0 heterocycles. The first-order chi connectivity index (χ1) is 11.0. The van der Waals surface area contributed by atoms with Crippen LogP contribution >= 0.6 is 0 Å².